The molecule has 0 unspecified atom stereocenters. The number of aryl methyl sites for hydroxylation is 2. The second-order valence-electron chi connectivity index (χ2n) is 5.48. The third-order valence-electron chi connectivity index (χ3n) is 3.64. The second kappa shape index (κ2) is 6.60. The molecule has 1 aromatic carbocycles. The van der Waals surface area contributed by atoms with Crippen molar-refractivity contribution >= 4 is 29.3 Å². The van der Waals surface area contributed by atoms with Crippen molar-refractivity contribution in [1.29, 1.82) is 0 Å². The first-order valence-corrected chi connectivity index (χ1v) is 8.36. The maximum Gasteiger partial charge on any atom is 0.248 e. The van der Waals surface area contributed by atoms with Crippen molar-refractivity contribution in [3.63, 3.8) is 0 Å². The van der Waals surface area contributed by atoms with Crippen molar-refractivity contribution in [3.05, 3.63) is 41.7 Å². The Morgan fingerprint density at radius 3 is 2.50 bits per heavy atom. The van der Waals surface area contributed by atoms with Gasteiger partial charge in [-0.3, -0.25) is 9.59 Å². The molecule has 124 valence electrons. The summed E-state index contributed by atoms with van der Waals surface area (Å²) in [5.74, 6) is -0.0175. The number of methoxy groups -OCH3 is 1. The Morgan fingerprint density at radius 1 is 1.17 bits per heavy atom. The summed E-state index contributed by atoms with van der Waals surface area (Å²) in [4.78, 5) is 35.0. The molecule has 1 aromatic heterocycles. The van der Waals surface area contributed by atoms with Crippen LogP contribution in [0.4, 0.5) is 5.69 Å². The molecule has 0 bridgehead atoms. The highest BCUT2D eigenvalue weighted by molar-refractivity contribution is 8.00. The van der Waals surface area contributed by atoms with Crippen molar-refractivity contribution in [2.24, 2.45) is 0 Å². The number of nitrogens with zero attached hydrogens (tertiary/aromatic N) is 3. The molecule has 3 rings (SSSR count). The predicted octanol–water partition coefficient (Wildman–Crippen LogP) is 2.53. The van der Waals surface area contributed by atoms with E-state index >= 15 is 0 Å². The molecule has 1 fully saturated rings. The van der Waals surface area contributed by atoms with E-state index in [0.717, 1.165) is 11.4 Å². The lowest BCUT2D eigenvalue weighted by Gasteiger charge is -2.17. The van der Waals surface area contributed by atoms with E-state index in [1.54, 1.807) is 24.3 Å². The van der Waals surface area contributed by atoms with Gasteiger partial charge in [-0.05, 0) is 32.0 Å². The summed E-state index contributed by atoms with van der Waals surface area (Å²) in [6.07, 6.45) is 0.123. The number of hydrogen-bond donors (Lipinski definition) is 0. The van der Waals surface area contributed by atoms with E-state index < -0.39 is 5.25 Å². The molecule has 0 aliphatic carbocycles. The maximum atomic E-state index is 12.7. The highest BCUT2D eigenvalue weighted by atomic mass is 32.2. The van der Waals surface area contributed by atoms with Gasteiger partial charge >= 0.3 is 0 Å². The van der Waals surface area contributed by atoms with E-state index in [-0.39, 0.29) is 18.2 Å². The van der Waals surface area contributed by atoms with Gasteiger partial charge in [-0.25, -0.2) is 14.9 Å². The Bertz CT molecular complexity index is 789. The van der Waals surface area contributed by atoms with Crippen molar-refractivity contribution in [1.82, 2.24) is 9.97 Å². The standard InChI is InChI=1S/C17H17N3O3S/c1-10-8-11(2)19-17(18-10)24-14-9-15(21)20(16(14)22)12-6-4-5-7-13(12)23-3/h4-8,14H,9H2,1-3H3/t14-/m1/s1. The topological polar surface area (TPSA) is 72.4 Å². The number of benzene rings is 1. The molecule has 0 saturated carbocycles. The zero-order valence-corrected chi connectivity index (χ0v) is 14.5. The molecule has 6 nitrogen and oxygen atoms in total. The van der Waals surface area contributed by atoms with Crippen LogP contribution < -0.4 is 9.64 Å². The minimum atomic E-state index is -0.524. The Balaban J connectivity index is 1.86. The van der Waals surface area contributed by atoms with Gasteiger partial charge in [0.15, 0.2) is 5.16 Å². The molecule has 2 heterocycles. The maximum absolute atomic E-state index is 12.7. The van der Waals surface area contributed by atoms with Gasteiger partial charge in [0, 0.05) is 17.8 Å². The molecule has 1 saturated heterocycles. The number of imide groups is 1. The summed E-state index contributed by atoms with van der Waals surface area (Å²) in [6.45, 7) is 3.75. The van der Waals surface area contributed by atoms with Crippen molar-refractivity contribution in [2.45, 2.75) is 30.7 Å². The number of amides is 2. The molecule has 1 aliphatic heterocycles. The number of anilines is 1. The van der Waals surface area contributed by atoms with Crippen LogP contribution >= 0.6 is 11.8 Å². The van der Waals surface area contributed by atoms with Crippen LogP contribution in [0.1, 0.15) is 17.8 Å². The van der Waals surface area contributed by atoms with Crippen LogP contribution in [0.3, 0.4) is 0 Å². The molecule has 7 heteroatoms. The zero-order valence-electron chi connectivity index (χ0n) is 13.6. The Hall–Kier alpha value is -2.41. The fourth-order valence-electron chi connectivity index (χ4n) is 2.64. The number of ether oxygens (including phenoxy) is 1. The predicted molar refractivity (Wildman–Crippen MR) is 91.3 cm³/mol. The van der Waals surface area contributed by atoms with Crippen molar-refractivity contribution in [2.75, 3.05) is 12.0 Å². The number of carbonyl (C=O) groups is 2. The first-order chi connectivity index (χ1) is 11.5. The van der Waals surface area contributed by atoms with Crippen LogP contribution in [0.2, 0.25) is 0 Å². The van der Waals surface area contributed by atoms with Gasteiger partial charge in [0.1, 0.15) is 11.0 Å². The van der Waals surface area contributed by atoms with Crippen LogP contribution in [-0.4, -0.2) is 34.1 Å². The lowest BCUT2D eigenvalue weighted by atomic mass is 10.2. The Morgan fingerprint density at radius 2 is 1.83 bits per heavy atom. The summed E-state index contributed by atoms with van der Waals surface area (Å²) < 4.78 is 5.26. The molecule has 24 heavy (non-hydrogen) atoms. The largest absolute Gasteiger partial charge is 0.495 e. The highest BCUT2D eigenvalue weighted by Crippen LogP contribution is 2.36. The van der Waals surface area contributed by atoms with Crippen LogP contribution in [0.5, 0.6) is 5.75 Å². The quantitative estimate of drug-likeness (QED) is 0.627. The molecule has 1 aliphatic rings. The molecule has 0 radical (unpaired) electrons. The smallest absolute Gasteiger partial charge is 0.248 e. The fraction of sp³-hybridized carbons (Fsp3) is 0.294. The second-order valence-corrected chi connectivity index (χ2v) is 6.65. The Labute approximate surface area is 144 Å². The van der Waals surface area contributed by atoms with E-state index in [1.165, 1.54) is 23.8 Å². The van der Waals surface area contributed by atoms with Gasteiger partial charge in [-0.15, -0.1) is 0 Å². The zero-order chi connectivity index (χ0) is 17.3. The van der Waals surface area contributed by atoms with Crippen LogP contribution in [-0.2, 0) is 9.59 Å². The summed E-state index contributed by atoms with van der Waals surface area (Å²) >= 11 is 1.23. The van der Waals surface area contributed by atoms with Crippen molar-refractivity contribution in [3.8, 4) is 5.75 Å². The first kappa shape index (κ1) is 16.4. The van der Waals surface area contributed by atoms with E-state index in [9.17, 15) is 9.59 Å². The average Bonchev–Trinajstić information content (AvgIpc) is 2.80. The average molecular weight is 343 g/mol. The lowest BCUT2D eigenvalue weighted by Crippen LogP contribution is -2.31. The summed E-state index contributed by atoms with van der Waals surface area (Å²) in [7, 11) is 1.51. The highest BCUT2D eigenvalue weighted by Gasteiger charge is 2.41. The lowest BCUT2D eigenvalue weighted by molar-refractivity contribution is -0.121. The fourth-order valence-corrected chi connectivity index (χ4v) is 3.72. The Kier molecular flexibility index (Phi) is 4.53. The van der Waals surface area contributed by atoms with Crippen LogP contribution in [0.25, 0.3) is 0 Å². The third kappa shape index (κ3) is 3.12. The molecule has 1 atom stereocenters. The molecule has 0 N–H and O–H groups in total. The van der Waals surface area contributed by atoms with Gasteiger partial charge in [-0.1, -0.05) is 23.9 Å². The number of aromatic nitrogens is 2. The SMILES string of the molecule is COc1ccccc1N1C(=O)C[C@@H](Sc2nc(C)cc(C)n2)C1=O. The van der Waals surface area contributed by atoms with Crippen molar-refractivity contribution < 1.29 is 14.3 Å². The van der Waals surface area contributed by atoms with Crippen LogP contribution in [0.15, 0.2) is 35.5 Å². The monoisotopic (exact) mass is 343 g/mol. The summed E-state index contributed by atoms with van der Waals surface area (Å²) in [5, 5.41) is -0.0101. The van der Waals surface area contributed by atoms with Crippen LogP contribution in [0, 0.1) is 13.8 Å². The van der Waals surface area contributed by atoms with Gasteiger partial charge in [0.05, 0.1) is 12.8 Å². The van der Waals surface area contributed by atoms with E-state index in [4.69, 9.17) is 4.74 Å². The normalized spacial score (nSPS) is 17.5. The molecule has 0 spiro atoms. The minimum Gasteiger partial charge on any atom is -0.495 e. The molecular formula is C17H17N3O3S. The van der Waals surface area contributed by atoms with E-state index in [1.807, 2.05) is 19.9 Å². The van der Waals surface area contributed by atoms with Gasteiger partial charge < -0.3 is 4.74 Å². The number of rotatable bonds is 4. The molecule has 2 aromatic rings. The van der Waals surface area contributed by atoms with Gasteiger partial charge in [-0.2, -0.15) is 0 Å². The number of para-hydroxylation sites is 2. The summed E-state index contributed by atoms with van der Waals surface area (Å²) in [6, 6.07) is 8.86. The third-order valence-corrected chi connectivity index (χ3v) is 4.69. The van der Waals surface area contributed by atoms with Gasteiger partial charge in [0.25, 0.3) is 0 Å². The minimum absolute atomic E-state index is 0.123. The van der Waals surface area contributed by atoms with E-state index in [2.05, 4.69) is 9.97 Å². The number of hydrogen-bond acceptors (Lipinski definition) is 6. The summed E-state index contributed by atoms with van der Waals surface area (Å²) in [5.41, 5.74) is 2.14. The number of carbonyl (C=O) groups excluding carboxylic acids is 2. The first-order valence-electron chi connectivity index (χ1n) is 7.48. The van der Waals surface area contributed by atoms with Gasteiger partial charge in [0.2, 0.25) is 11.8 Å². The molecular weight excluding hydrogens is 326 g/mol. The number of thioether (sulfide) groups is 1. The van der Waals surface area contributed by atoms with E-state index in [0.29, 0.717) is 16.6 Å². The molecule has 2 amide bonds.